The van der Waals surface area contributed by atoms with Gasteiger partial charge in [0.15, 0.2) is 0 Å². The molecule has 1 amide bonds. The van der Waals surface area contributed by atoms with Crippen LogP contribution in [0.1, 0.15) is 26.3 Å². The maximum atomic E-state index is 11.8. The second-order valence-corrected chi connectivity index (χ2v) is 7.43. The van der Waals surface area contributed by atoms with E-state index in [2.05, 4.69) is 31.2 Å². The number of hydrogen-bond acceptors (Lipinski definition) is 7. The van der Waals surface area contributed by atoms with Gasteiger partial charge in [0.1, 0.15) is 5.60 Å². The zero-order valence-corrected chi connectivity index (χ0v) is 16.9. The Kier molecular flexibility index (Phi) is 6.08. The average Bonchev–Trinajstić information content (AvgIpc) is 3.05. The molecule has 0 unspecified atom stereocenters. The summed E-state index contributed by atoms with van der Waals surface area (Å²) in [5.74, 6) is 0.477. The molecule has 3 N–H and O–H groups in total. The molecular formula is C20H25N7O2. The standard InChI is InChI=1S/C20H25N7O2/c1-20(2,3)29-19(28)26-22-11-14-7-5-6-8-16(14)17-9-10-21-18(25-17)24-15-12-23-27(4)13-15/h5-10,12-13,22H,11H2,1-4H3,(H,26,28)(H,21,24,25). The molecule has 0 saturated carbocycles. The third-order valence-corrected chi connectivity index (χ3v) is 3.78. The van der Waals surface area contributed by atoms with Gasteiger partial charge in [-0.25, -0.2) is 20.2 Å². The van der Waals surface area contributed by atoms with Gasteiger partial charge < -0.3 is 10.1 Å². The molecule has 0 spiro atoms. The van der Waals surface area contributed by atoms with Crippen LogP contribution in [0.25, 0.3) is 11.3 Å². The zero-order chi connectivity index (χ0) is 20.9. The first-order valence-corrected chi connectivity index (χ1v) is 9.19. The highest BCUT2D eigenvalue weighted by Gasteiger charge is 2.16. The molecule has 29 heavy (non-hydrogen) atoms. The number of nitrogens with zero attached hydrogens (tertiary/aromatic N) is 4. The van der Waals surface area contributed by atoms with Crippen LogP contribution < -0.4 is 16.2 Å². The fraction of sp³-hybridized carbons (Fsp3) is 0.300. The largest absolute Gasteiger partial charge is 0.443 e. The number of rotatable bonds is 6. The number of carbonyl (C=O) groups is 1. The fourth-order valence-corrected chi connectivity index (χ4v) is 2.62. The number of amides is 1. The Morgan fingerprint density at radius 2 is 2.00 bits per heavy atom. The topological polar surface area (TPSA) is 106 Å². The van der Waals surface area contributed by atoms with Crippen molar-refractivity contribution in [2.75, 3.05) is 5.32 Å². The van der Waals surface area contributed by atoms with Gasteiger partial charge in [0.25, 0.3) is 0 Å². The van der Waals surface area contributed by atoms with Crippen molar-refractivity contribution in [1.82, 2.24) is 30.6 Å². The normalized spacial score (nSPS) is 11.2. The number of aromatic nitrogens is 4. The molecule has 152 valence electrons. The molecule has 9 nitrogen and oxygen atoms in total. The van der Waals surface area contributed by atoms with Crippen molar-refractivity contribution in [2.45, 2.75) is 32.9 Å². The number of carbonyl (C=O) groups excluding carboxylic acids is 1. The molecule has 3 rings (SSSR count). The lowest BCUT2D eigenvalue weighted by molar-refractivity contribution is 0.0497. The molecule has 0 aliphatic carbocycles. The molecule has 0 atom stereocenters. The first-order valence-electron chi connectivity index (χ1n) is 9.19. The maximum Gasteiger partial charge on any atom is 0.422 e. The predicted octanol–water partition coefficient (Wildman–Crippen LogP) is 3.15. The number of anilines is 2. The maximum absolute atomic E-state index is 11.8. The summed E-state index contributed by atoms with van der Waals surface area (Å²) in [7, 11) is 1.84. The molecule has 1 aromatic carbocycles. The Hall–Kier alpha value is -3.46. The molecule has 0 fully saturated rings. The summed E-state index contributed by atoms with van der Waals surface area (Å²) in [6, 6.07) is 9.66. The van der Waals surface area contributed by atoms with Crippen LogP contribution in [0.4, 0.5) is 16.4 Å². The lowest BCUT2D eigenvalue weighted by atomic mass is 10.0. The van der Waals surface area contributed by atoms with Crippen molar-refractivity contribution < 1.29 is 9.53 Å². The number of hydrazine groups is 1. The third-order valence-electron chi connectivity index (χ3n) is 3.78. The molecule has 2 heterocycles. The molecule has 0 saturated heterocycles. The smallest absolute Gasteiger partial charge is 0.422 e. The second kappa shape index (κ2) is 8.70. The van der Waals surface area contributed by atoms with Gasteiger partial charge in [-0.3, -0.25) is 10.1 Å². The average molecular weight is 395 g/mol. The first-order chi connectivity index (χ1) is 13.8. The highest BCUT2D eigenvalue weighted by Crippen LogP contribution is 2.23. The minimum Gasteiger partial charge on any atom is -0.443 e. The molecule has 0 radical (unpaired) electrons. The van der Waals surface area contributed by atoms with Gasteiger partial charge in [-0.2, -0.15) is 5.10 Å². The van der Waals surface area contributed by atoms with Crippen LogP contribution in [0.3, 0.4) is 0 Å². The van der Waals surface area contributed by atoms with Crippen molar-refractivity contribution >= 4 is 17.7 Å². The van der Waals surface area contributed by atoms with Crippen molar-refractivity contribution in [3.05, 3.63) is 54.5 Å². The van der Waals surface area contributed by atoms with Gasteiger partial charge in [-0.05, 0) is 32.4 Å². The number of aryl methyl sites for hydroxylation is 1. The summed E-state index contributed by atoms with van der Waals surface area (Å²) in [6.07, 6.45) is 4.72. The molecule has 0 aliphatic heterocycles. The van der Waals surface area contributed by atoms with Crippen LogP contribution in [0.5, 0.6) is 0 Å². The van der Waals surface area contributed by atoms with Gasteiger partial charge in [-0.1, -0.05) is 24.3 Å². The highest BCUT2D eigenvalue weighted by atomic mass is 16.6. The van der Waals surface area contributed by atoms with Crippen molar-refractivity contribution in [2.24, 2.45) is 7.05 Å². The molecule has 0 bridgehead atoms. The summed E-state index contributed by atoms with van der Waals surface area (Å²) in [6.45, 7) is 5.85. The Morgan fingerprint density at radius 1 is 1.21 bits per heavy atom. The van der Waals surface area contributed by atoms with Crippen LogP contribution in [0, 0.1) is 0 Å². The van der Waals surface area contributed by atoms with E-state index >= 15 is 0 Å². The molecule has 2 aromatic heterocycles. The summed E-state index contributed by atoms with van der Waals surface area (Å²) in [5.41, 5.74) is 8.36. The fourth-order valence-electron chi connectivity index (χ4n) is 2.62. The number of benzene rings is 1. The van der Waals surface area contributed by atoms with Crippen LogP contribution in [-0.2, 0) is 18.3 Å². The molecular weight excluding hydrogens is 370 g/mol. The number of ether oxygens (including phenoxy) is 1. The van der Waals surface area contributed by atoms with E-state index in [1.165, 1.54) is 0 Å². The van der Waals surface area contributed by atoms with Crippen LogP contribution in [0.2, 0.25) is 0 Å². The first kappa shape index (κ1) is 20.3. The van der Waals surface area contributed by atoms with Crippen LogP contribution >= 0.6 is 0 Å². The minimum atomic E-state index is -0.553. The van der Waals surface area contributed by atoms with Gasteiger partial charge in [0.05, 0.1) is 17.6 Å². The van der Waals surface area contributed by atoms with E-state index in [1.54, 1.807) is 17.1 Å². The Morgan fingerprint density at radius 3 is 2.72 bits per heavy atom. The Bertz CT molecular complexity index is 979. The van der Waals surface area contributed by atoms with Crippen molar-refractivity contribution in [3.8, 4) is 11.3 Å². The minimum absolute atomic E-state index is 0.408. The van der Waals surface area contributed by atoms with E-state index in [4.69, 9.17) is 4.74 Å². The van der Waals surface area contributed by atoms with Crippen molar-refractivity contribution in [3.63, 3.8) is 0 Å². The SMILES string of the molecule is Cn1cc(Nc2nccc(-c3ccccc3CNNC(=O)OC(C)(C)C)n2)cn1. The third kappa shape index (κ3) is 6.01. The molecule has 0 aliphatic rings. The number of nitrogens with one attached hydrogen (secondary N) is 3. The van der Waals surface area contributed by atoms with E-state index in [0.717, 1.165) is 22.5 Å². The van der Waals surface area contributed by atoms with E-state index in [-0.39, 0.29) is 0 Å². The Balaban J connectivity index is 1.70. The van der Waals surface area contributed by atoms with E-state index < -0.39 is 11.7 Å². The lowest BCUT2D eigenvalue weighted by Crippen LogP contribution is -2.40. The summed E-state index contributed by atoms with van der Waals surface area (Å²) >= 11 is 0. The van der Waals surface area contributed by atoms with Gasteiger partial charge in [0.2, 0.25) is 5.95 Å². The van der Waals surface area contributed by atoms with E-state index in [1.807, 2.05) is 64.3 Å². The lowest BCUT2D eigenvalue weighted by Gasteiger charge is -2.20. The van der Waals surface area contributed by atoms with Crippen LogP contribution in [0.15, 0.2) is 48.9 Å². The van der Waals surface area contributed by atoms with Crippen molar-refractivity contribution in [1.29, 1.82) is 0 Å². The Labute approximate surface area is 169 Å². The van der Waals surface area contributed by atoms with Gasteiger partial charge >= 0.3 is 6.09 Å². The zero-order valence-electron chi connectivity index (χ0n) is 16.9. The van der Waals surface area contributed by atoms with E-state index in [9.17, 15) is 4.79 Å². The van der Waals surface area contributed by atoms with Crippen LogP contribution in [-0.4, -0.2) is 31.4 Å². The second-order valence-electron chi connectivity index (χ2n) is 7.43. The monoisotopic (exact) mass is 395 g/mol. The number of hydrogen-bond donors (Lipinski definition) is 3. The van der Waals surface area contributed by atoms with Gasteiger partial charge in [-0.15, -0.1) is 0 Å². The predicted molar refractivity (Wildman–Crippen MR) is 110 cm³/mol. The summed E-state index contributed by atoms with van der Waals surface area (Å²) < 4.78 is 6.92. The van der Waals surface area contributed by atoms with E-state index in [0.29, 0.717) is 12.5 Å². The molecule has 3 aromatic rings. The molecule has 9 heteroatoms. The highest BCUT2D eigenvalue weighted by molar-refractivity contribution is 5.67. The summed E-state index contributed by atoms with van der Waals surface area (Å²) in [4.78, 5) is 20.7. The quantitative estimate of drug-likeness (QED) is 0.551. The van der Waals surface area contributed by atoms with Gasteiger partial charge in [0, 0.05) is 31.5 Å². The summed E-state index contributed by atoms with van der Waals surface area (Å²) in [5, 5.41) is 7.26.